The summed E-state index contributed by atoms with van der Waals surface area (Å²) in [7, 11) is 0. The molecule has 2 amide bonds. The van der Waals surface area contributed by atoms with Crippen molar-refractivity contribution in [3.05, 3.63) is 22.4 Å². The Labute approximate surface area is 119 Å². The van der Waals surface area contributed by atoms with Crippen LogP contribution in [0, 0.1) is 0 Å². The predicted octanol–water partition coefficient (Wildman–Crippen LogP) is 2.37. The van der Waals surface area contributed by atoms with Gasteiger partial charge in [-0.3, -0.25) is 4.90 Å². The molecule has 1 aromatic heterocycles. The maximum absolute atomic E-state index is 12.0. The van der Waals surface area contributed by atoms with Gasteiger partial charge in [0.2, 0.25) is 0 Å². The van der Waals surface area contributed by atoms with Gasteiger partial charge in [0.1, 0.15) is 0 Å². The number of piperazine rings is 1. The number of thiophene rings is 1. The SMILES string of the molecule is CC(C)(C)NC(=O)N1CCN(Cc2ccsc2)CC1. The van der Waals surface area contributed by atoms with Crippen LogP contribution in [-0.2, 0) is 6.54 Å². The molecule has 106 valence electrons. The molecule has 0 bridgehead atoms. The summed E-state index contributed by atoms with van der Waals surface area (Å²) in [4.78, 5) is 16.4. The minimum Gasteiger partial charge on any atom is -0.333 e. The number of nitrogens with zero attached hydrogens (tertiary/aromatic N) is 2. The van der Waals surface area contributed by atoms with Crippen LogP contribution in [0.1, 0.15) is 26.3 Å². The van der Waals surface area contributed by atoms with Gasteiger partial charge in [0.15, 0.2) is 0 Å². The minimum atomic E-state index is -0.162. The Balaban J connectivity index is 1.77. The van der Waals surface area contributed by atoms with E-state index >= 15 is 0 Å². The molecule has 0 spiro atoms. The molecular formula is C14H23N3OS. The van der Waals surface area contributed by atoms with Crippen LogP contribution in [0.15, 0.2) is 16.8 Å². The molecule has 0 unspecified atom stereocenters. The summed E-state index contributed by atoms with van der Waals surface area (Å²) >= 11 is 1.74. The summed E-state index contributed by atoms with van der Waals surface area (Å²) in [6.45, 7) is 10.6. The van der Waals surface area contributed by atoms with Crippen molar-refractivity contribution in [3.63, 3.8) is 0 Å². The van der Waals surface area contributed by atoms with E-state index in [-0.39, 0.29) is 11.6 Å². The molecule has 0 saturated carbocycles. The van der Waals surface area contributed by atoms with Crippen molar-refractivity contribution >= 4 is 17.4 Å². The molecule has 0 aliphatic carbocycles. The van der Waals surface area contributed by atoms with Crippen molar-refractivity contribution in [2.75, 3.05) is 26.2 Å². The first-order valence-electron chi connectivity index (χ1n) is 6.74. The molecule has 1 aromatic rings. The Hall–Kier alpha value is -1.07. The second-order valence-corrected chi connectivity index (χ2v) is 6.85. The molecule has 1 aliphatic heterocycles. The molecule has 1 N–H and O–H groups in total. The lowest BCUT2D eigenvalue weighted by atomic mass is 10.1. The molecule has 0 aromatic carbocycles. The molecular weight excluding hydrogens is 258 g/mol. The average molecular weight is 281 g/mol. The Morgan fingerprint density at radius 3 is 2.53 bits per heavy atom. The number of rotatable bonds is 2. The van der Waals surface area contributed by atoms with E-state index in [0.717, 1.165) is 32.7 Å². The molecule has 19 heavy (non-hydrogen) atoms. The molecule has 2 heterocycles. The number of nitrogens with one attached hydrogen (secondary N) is 1. The van der Waals surface area contributed by atoms with Gasteiger partial charge in [0.05, 0.1) is 0 Å². The quantitative estimate of drug-likeness (QED) is 0.903. The first kappa shape index (κ1) is 14.3. The Morgan fingerprint density at radius 1 is 1.32 bits per heavy atom. The third-order valence-electron chi connectivity index (χ3n) is 3.13. The van der Waals surface area contributed by atoms with Gasteiger partial charge in [-0.1, -0.05) is 0 Å². The van der Waals surface area contributed by atoms with E-state index in [1.165, 1.54) is 5.56 Å². The van der Waals surface area contributed by atoms with Crippen LogP contribution >= 0.6 is 11.3 Å². The van der Waals surface area contributed by atoms with Gasteiger partial charge in [-0.15, -0.1) is 0 Å². The number of carbonyl (C=O) groups excluding carboxylic acids is 1. The van der Waals surface area contributed by atoms with E-state index in [9.17, 15) is 4.79 Å². The Bertz CT molecular complexity index is 403. The van der Waals surface area contributed by atoms with Crippen LogP contribution in [-0.4, -0.2) is 47.5 Å². The standard InChI is InChI=1S/C14H23N3OS/c1-14(2,3)15-13(18)17-7-5-16(6-8-17)10-12-4-9-19-11-12/h4,9,11H,5-8,10H2,1-3H3,(H,15,18). The predicted molar refractivity (Wildman–Crippen MR) is 79.5 cm³/mol. The molecule has 1 aliphatic rings. The fourth-order valence-electron chi connectivity index (χ4n) is 2.15. The van der Waals surface area contributed by atoms with Crippen molar-refractivity contribution in [1.82, 2.24) is 15.1 Å². The van der Waals surface area contributed by atoms with E-state index < -0.39 is 0 Å². The van der Waals surface area contributed by atoms with Gasteiger partial charge in [0, 0.05) is 38.3 Å². The van der Waals surface area contributed by atoms with E-state index in [2.05, 4.69) is 27.0 Å². The van der Waals surface area contributed by atoms with Crippen molar-refractivity contribution in [2.24, 2.45) is 0 Å². The first-order chi connectivity index (χ1) is 8.94. The zero-order valence-corrected chi connectivity index (χ0v) is 12.8. The van der Waals surface area contributed by atoms with Crippen LogP contribution in [0.4, 0.5) is 4.79 Å². The normalized spacial score (nSPS) is 17.5. The van der Waals surface area contributed by atoms with Gasteiger partial charge < -0.3 is 10.2 Å². The van der Waals surface area contributed by atoms with Crippen LogP contribution in [0.3, 0.4) is 0 Å². The maximum Gasteiger partial charge on any atom is 0.317 e. The zero-order chi connectivity index (χ0) is 13.9. The smallest absolute Gasteiger partial charge is 0.317 e. The van der Waals surface area contributed by atoms with Gasteiger partial charge >= 0.3 is 6.03 Å². The molecule has 0 radical (unpaired) electrons. The van der Waals surface area contributed by atoms with Crippen molar-refractivity contribution in [2.45, 2.75) is 32.9 Å². The number of carbonyl (C=O) groups is 1. The summed E-state index contributed by atoms with van der Waals surface area (Å²) in [6.07, 6.45) is 0. The lowest BCUT2D eigenvalue weighted by Gasteiger charge is -2.36. The first-order valence-corrected chi connectivity index (χ1v) is 7.69. The summed E-state index contributed by atoms with van der Waals surface area (Å²) < 4.78 is 0. The lowest BCUT2D eigenvalue weighted by Crippen LogP contribution is -2.54. The monoisotopic (exact) mass is 281 g/mol. The molecule has 4 nitrogen and oxygen atoms in total. The van der Waals surface area contributed by atoms with Gasteiger partial charge in [-0.05, 0) is 43.2 Å². The number of hydrogen-bond donors (Lipinski definition) is 1. The minimum absolute atomic E-state index is 0.0580. The molecule has 0 atom stereocenters. The van der Waals surface area contributed by atoms with E-state index in [4.69, 9.17) is 0 Å². The second-order valence-electron chi connectivity index (χ2n) is 6.07. The number of amides is 2. The number of urea groups is 1. The fourth-order valence-corrected chi connectivity index (χ4v) is 2.81. The van der Waals surface area contributed by atoms with Crippen molar-refractivity contribution in [1.29, 1.82) is 0 Å². The summed E-state index contributed by atoms with van der Waals surface area (Å²) in [5.74, 6) is 0. The summed E-state index contributed by atoms with van der Waals surface area (Å²) in [6, 6.07) is 2.23. The van der Waals surface area contributed by atoms with E-state index in [1.807, 2.05) is 25.7 Å². The third-order valence-corrected chi connectivity index (χ3v) is 3.86. The van der Waals surface area contributed by atoms with E-state index in [1.54, 1.807) is 11.3 Å². The second kappa shape index (κ2) is 5.92. The lowest BCUT2D eigenvalue weighted by molar-refractivity contribution is 0.131. The molecule has 5 heteroatoms. The van der Waals surface area contributed by atoms with Gasteiger partial charge in [-0.2, -0.15) is 11.3 Å². The van der Waals surface area contributed by atoms with Crippen LogP contribution in [0.5, 0.6) is 0 Å². The Kier molecular flexibility index (Phi) is 4.47. The van der Waals surface area contributed by atoms with Crippen LogP contribution in [0.2, 0.25) is 0 Å². The largest absolute Gasteiger partial charge is 0.333 e. The van der Waals surface area contributed by atoms with Crippen LogP contribution < -0.4 is 5.32 Å². The molecule has 2 rings (SSSR count). The third kappa shape index (κ3) is 4.51. The average Bonchev–Trinajstić information content (AvgIpc) is 2.80. The number of hydrogen-bond acceptors (Lipinski definition) is 3. The highest BCUT2D eigenvalue weighted by molar-refractivity contribution is 7.07. The van der Waals surface area contributed by atoms with Gasteiger partial charge in [-0.25, -0.2) is 4.79 Å². The highest BCUT2D eigenvalue weighted by Gasteiger charge is 2.23. The topological polar surface area (TPSA) is 35.6 Å². The maximum atomic E-state index is 12.0. The summed E-state index contributed by atoms with van der Waals surface area (Å²) in [5.41, 5.74) is 1.21. The zero-order valence-electron chi connectivity index (χ0n) is 12.0. The van der Waals surface area contributed by atoms with Crippen molar-refractivity contribution < 1.29 is 4.79 Å². The highest BCUT2D eigenvalue weighted by Crippen LogP contribution is 2.12. The van der Waals surface area contributed by atoms with Crippen LogP contribution in [0.25, 0.3) is 0 Å². The van der Waals surface area contributed by atoms with Crippen molar-refractivity contribution in [3.8, 4) is 0 Å². The van der Waals surface area contributed by atoms with Gasteiger partial charge in [0.25, 0.3) is 0 Å². The highest BCUT2D eigenvalue weighted by atomic mass is 32.1. The summed E-state index contributed by atoms with van der Waals surface area (Å²) in [5, 5.41) is 7.33. The molecule has 1 saturated heterocycles. The fraction of sp³-hybridized carbons (Fsp3) is 0.643. The van der Waals surface area contributed by atoms with E-state index in [0.29, 0.717) is 0 Å². The Morgan fingerprint density at radius 2 is 2.00 bits per heavy atom. The molecule has 1 fully saturated rings.